The molecule has 28 heavy (non-hydrogen) atoms. The number of hydrogen-bond acceptors (Lipinski definition) is 5. The molecule has 2 aliphatic heterocycles. The van der Waals surface area contributed by atoms with E-state index in [2.05, 4.69) is 10.4 Å². The van der Waals surface area contributed by atoms with Crippen molar-refractivity contribution in [3.63, 3.8) is 0 Å². The Hall–Kier alpha value is -2.91. The van der Waals surface area contributed by atoms with Gasteiger partial charge in [-0.15, -0.1) is 0 Å². The van der Waals surface area contributed by atoms with Gasteiger partial charge in [-0.25, -0.2) is 9.86 Å². The average molecular weight is 385 g/mol. The summed E-state index contributed by atoms with van der Waals surface area (Å²) in [6.07, 6.45) is 0.0235. The third kappa shape index (κ3) is 3.34. The number of hydroxylamine groups is 2. The van der Waals surface area contributed by atoms with Crippen molar-refractivity contribution in [3.05, 3.63) is 46.8 Å². The molecule has 1 aromatic heterocycles. The number of rotatable bonds is 2. The highest BCUT2D eigenvalue weighted by Gasteiger charge is 2.35. The number of fused-ring (bicyclic) bond motifs is 3. The van der Waals surface area contributed by atoms with E-state index in [1.165, 1.54) is 7.05 Å². The lowest BCUT2D eigenvalue weighted by atomic mass is 10.1. The van der Waals surface area contributed by atoms with Gasteiger partial charge in [0.25, 0.3) is 5.91 Å². The number of aryl methyl sites for hydroxylation is 1. The zero-order valence-electron chi connectivity index (χ0n) is 15.9. The zero-order valence-corrected chi connectivity index (χ0v) is 15.9. The summed E-state index contributed by atoms with van der Waals surface area (Å²) in [5.74, 6) is -0.328. The number of aliphatic hydroxyl groups excluding tert-OH is 1. The van der Waals surface area contributed by atoms with Crippen molar-refractivity contribution < 1.29 is 19.5 Å². The van der Waals surface area contributed by atoms with Gasteiger partial charge in [0.2, 0.25) is 0 Å². The van der Waals surface area contributed by atoms with Crippen LogP contribution in [-0.2, 0) is 24.3 Å². The molecule has 3 heterocycles. The van der Waals surface area contributed by atoms with Crippen molar-refractivity contribution in [1.82, 2.24) is 19.7 Å². The lowest BCUT2D eigenvalue weighted by Gasteiger charge is -2.27. The van der Waals surface area contributed by atoms with Crippen molar-refractivity contribution >= 4 is 17.6 Å². The molecule has 0 fully saturated rings. The normalized spacial score (nSPS) is 19.1. The van der Waals surface area contributed by atoms with Crippen LogP contribution in [-0.4, -0.2) is 63.1 Å². The van der Waals surface area contributed by atoms with Gasteiger partial charge in [0.1, 0.15) is 11.8 Å². The number of urea groups is 1. The Morgan fingerprint density at radius 2 is 2.25 bits per heavy atom. The number of carbonyl (C=O) groups is 2. The van der Waals surface area contributed by atoms with Gasteiger partial charge in [-0.3, -0.25) is 14.3 Å². The van der Waals surface area contributed by atoms with Crippen LogP contribution in [0.15, 0.2) is 24.3 Å². The van der Waals surface area contributed by atoms with Gasteiger partial charge in [0.05, 0.1) is 25.4 Å². The molecule has 0 saturated heterocycles. The minimum Gasteiger partial charge on any atom is -0.393 e. The van der Waals surface area contributed by atoms with Gasteiger partial charge in [0, 0.05) is 31.3 Å². The number of nitrogens with one attached hydrogen (secondary N) is 1. The second kappa shape index (κ2) is 7.25. The van der Waals surface area contributed by atoms with Crippen LogP contribution < -0.4 is 5.32 Å². The molecule has 1 unspecified atom stereocenters. The Bertz CT molecular complexity index is 925. The van der Waals surface area contributed by atoms with Crippen LogP contribution in [0.1, 0.15) is 27.3 Å². The van der Waals surface area contributed by atoms with E-state index in [4.69, 9.17) is 4.84 Å². The highest BCUT2D eigenvalue weighted by atomic mass is 16.7. The van der Waals surface area contributed by atoms with Gasteiger partial charge in [-0.2, -0.15) is 5.10 Å². The molecule has 9 nitrogen and oxygen atoms in total. The van der Waals surface area contributed by atoms with Gasteiger partial charge >= 0.3 is 6.03 Å². The molecule has 148 valence electrons. The number of anilines is 1. The quantitative estimate of drug-likeness (QED) is 0.808. The van der Waals surface area contributed by atoms with E-state index in [1.54, 1.807) is 9.58 Å². The van der Waals surface area contributed by atoms with Crippen LogP contribution in [0.4, 0.5) is 10.5 Å². The van der Waals surface area contributed by atoms with Crippen LogP contribution in [0.25, 0.3) is 0 Å². The van der Waals surface area contributed by atoms with Gasteiger partial charge in [-0.1, -0.05) is 12.1 Å². The molecule has 9 heteroatoms. The fraction of sp³-hybridized carbons (Fsp3) is 0.421. The van der Waals surface area contributed by atoms with Gasteiger partial charge in [-0.05, 0) is 24.6 Å². The zero-order chi connectivity index (χ0) is 19.8. The Morgan fingerprint density at radius 1 is 1.43 bits per heavy atom. The summed E-state index contributed by atoms with van der Waals surface area (Å²) < 4.78 is 1.60. The van der Waals surface area contributed by atoms with E-state index in [1.807, 2.05) is 31.2 Å². The summed E-state index contributed by atoms with van der Waals surface area (Å²) in [6.45, 7) is 2.85. The molecule has 4 rings (SSSR count). The highest BCUT2D eigenvalue weighted by molar-refractivity contribution is 5.94. The van der Waals surface area contributed by atoms with E-state index in [9.17, 15) is 14.7 Å². The number of carbonyl (C=O) groups excluding carboxylic acids is 2. The Kier molecular flexibility index (Phi) is 4.78. The summed E-state index contributed by atoms with van der Waals surface area (Å²) in [5, 5.41) is 18.0. The van der Waals surface area contributed by atoms with E-state index in [0.29, 0.717) is 25.2 Å². The topological polar surface area (TPSA) is 99.9 Å². The molecule has 2 aromatic rings. The van der Waals surface area contributed by atoms with Crippen LogP contribution in [0, 0.1) is 6.92 Å². The molecule has 0 radical (unpaired) electrons. The first kappa shape index (κ1) is 18.5. The first-order valence-corrected chi connectivity index (χ1v) is 9.23. The van der Waals surface area contributed by atoms with Crippen molar-refractivity contribution in [1.29, 1.82) is 0 Å². The molecular weight excluding hydrogens is 362 g/mol. The summed E-state index contributed by atoms with van der Waals surface area (Å²) in [7, 11) is 1.52. The molecule has 2 aliphatic rings. The molecule has 3 amide bonds. The van der Waals surface area contributed by atoms with E-state index in [0.717, 1.165) is 27.6 Å². The fourth-order valence-corrected chi connectivity index (χ4v) is 3.63. The summed E-state index contributed by atoms with van der Waals surface area (Å²) in [4.78, 5) is 32.6. The van der Waals surface area contributed by atoms with Crippen LogP contribution >= 0.6 is 0 Å². The lowest BCUT2D eigenvalue weighted by molar-refractivity contribution is -0.159. The Morgan fingerprint density at radius 3 is 3.00 bits per heavy atom. The maximum Gasteiger partial charge on any atom is 0.322 e. The number of hydrogen-bond donors (Lipinski definition) is 2. The molecule has 0 spiro atoms. The second-order valence-electron chi connectivity index (χ2n) is 7.14. The van der Waals surface area contributed by atoms with Crippen LogP contribution in [0.5, 0.6) is 0 Å². The van der Waals surface area contributed by atoms with Gasteiger partial charge in [0.15, 0.2) is 0 Å². The third-order valence-electron chi connectivity index (χ3n) is 5.03. The molecule has 0 bridgehead atoms. The number of aliphatic hydroxyl groups is 1. The maximum atomic E-state index is 12.8. The number of aromatic nitrogens is 2. The standard InChI is InChI=1S/C19H23N5O4/c1-12-4-3-5-13(8-12)20-19(27)23-7-6-16-15(10-23)17-18(26)22(2)28-14(11-25)9-24(17)21-16/h3-5,8,14,25H,6-7,9-11H2,1-2H3,(H,20,27). The minimum atomic E-state index is -0.544. The van der Waals surface area contributed by atoms with Crippen molar-refractivity contribution in [2.24, 2.45) is 0 Å². The minimum absolute atomic E-state index is 0.213. The Labute approximate surface area is 162 Å². The number of amides is 3. The smallest absolute Gasteiger partial charge is 0.322 e. The summed E-state index contributed by atoms with van der Waals surface area (Å²) in [6, 6.07) is 7.40. The predicted octanol–water partition coefficient (Wildman–Crippen LogP) is 1.16. The molecule has 1 atom stereocenters. The SMILES string of the molecule is Cc1cccc(NC(=O)N2CCc3nn4c(c3C2)C(=O)N(C)OC(CO)C4)c1. The van der Waals surface area contributed by atoms with Crippen molar-refractivity contribution in [2.75, 3.05) is 25.5 Å². The molecular formula is C19H23N5O4. The molecule has 0 aliphatic carbocycles. The highest BCUT2D eigenvalue weighted by Crippen LogP contribution is 2.26. The number of benzene rings is 1. The average Bonchev–Trinajstić information content (AvgIpc) is 2.97. The molecule has 2 N–H and O–H groups in total. The summed E-state index contributed by atoms with van der Waals surface area (Å²) in [5.41, 5.74) is 3.77. The monoisotopic (exact) mass is 385 g/mol. The van der Waals surface area contributed by atoms with Gasteiger partial charge < -0.3 is 15.3 Å². The summed E-state index contributed by atoms with van der Waals surface area (Å²) >= 11 is 0. The van der Waals surface area contributed by atoms with E-state index in [-0.39, 0.29) is 25.1 Å². The van der Waals surface area contributed by atoms with E-state index < -0.39 is 6.10 Å². The first-order chi connectivity index (χ1) is 13.5. The Balaban J connectivity index is 1.58. The second-order valence-corrected chi connectivity index (χ2v) is 7.14. The van der Waals surface area contributed by atoms with Crippen LogP contribution in [0.2, 0.25) is 0 Å². The largest absolute Gasteiger partial charge is 0.393 e. The fourth-order valence-electron chi connectivity index (χ4n) is 3.63. The lowest BCUT2D eigenvalue weighted by Crippen LogP contribution is -2.39. The molecule has 0 saturated carbocycles. The number of nitrogens with zero attached hydrogens (tertiary/aromatic N) is 4. The van der Waals surface area contributed by atoms with Crippen molar-refractivity contribution in [3.8, 4) is 0 Å². The maximum absolute atomic E-state index is 12.8. The van der Waals surface area contributed by atoms with E-state index >= 15 is 0 Å². The van der Waals surface area contributed by atoms with Crippen molar-refractivity contribution in [2.45, 2.75) is 32.5 Å². The first-order valence-electron chi connectivity index (χ1n) is 9.23. The molecule has 1 aromatic carbocycles. The predicted molar refractivity (Wildman–Crippen MR) is 101 cm³/mol. The third-order valence-corrected chi connectivity index (χ3v) is 5.03. The van der Waals surface area contributed by atoms with Crippen LogP contribution in [0.3, 0.4) is 0 Å².